The second kappa shape index (κ2) is 6.54. The number of carbonyl (C=O) groups is 3. The molecule has 1 aliphatic carbocycles. The largest absolute Gasteiger partial charge is 0.481 e. The molecule has 0 heterocycles. The summed E-state index contributed by atoms with van der Waals surface area (Å²) in [4.78, 5) is 34.0. The Kier molecular flexibility index (Phi) is 5.32. The number of rotatable bonds is 5. The molecule has 0 spiro atoms. The minimum absolute atomic E-state index is 0.0134. The number of carboxylic acid groups (broad SMARTS) is 1. The van der Waals surface area contributed by atoms with Crippen LogP contribution in [-0.2, 0) is 14.4 Å². The van der Waals surface area contributed by atoms with Crippen molar-refractivity contribution in [3.63, 3.8) is 0 Å². The molecule has 0 saturated heterocycles. The first kappa shape index (κ1) is 15.5. The van der Waals surface area contributed by atoms with Gasteiger partial charge in [-0.15, -0.1) is 0 Å². The van der Waals surface area contributed by atoms with Gasteiger partial charge < -0.3 is 15.7 Å². The summed E-state index contributed by atoms with van der Waals surface area (Å²) in [7, 11) is 0. The van der Waals surface area contributed by atoms with Crippen LogP contribution in [0.2, 0.25) is 0 Å². The average Bonchev–Trinajstić information content (AvgIpc) is 2.73. The predicted molar refractivity (Wildman–Crippen MR) is 69.4 cm³/mol. The van der Waals surface area contributed by atoms with Gasteiger partial charge in [0.25, 0.3) is 0 Å². The van der Waals surface area contributed by atoms with Crippen molar-refractivity contribution < 1.29 is 19.5 Å². The summed E-state index contributed by atoms with van der Waals surface area (Å²) in [6.45, 7) is 5.09. The number of carboxylic acids is 1. The molecule has 0 aromatic carbocycles. The van der Waals surface area contributed by atoms with Gasteiger partial charge in [0, 0.05) is 13.0 Å². The highest BCUT2D eigenvalue weighted by Crippen LogP contribution is 2.25. The Morgan fingerprint density at radius 2 is 1.84 bits per heavy atom. The third-order valence-corrected chi connectivity index (χ3v) is 3.44. The molecular weight excluding hydrogens is 248 g/mol. The number of nitrogens with one attached hydrogen (secondary N) is 2. The molecule has 3 atom stereocenters. The first-order valence-corrected chi connectivity index (χ1v) is 6.61. The van der Waals surface area contributed by atoms with Gasteiger partial charge in [0.2, 0.25) is 11.8 Å². The van der Waals surface area contributed by atoms with Crippen molar-refractivity contribution in [1.82, 2.24) is 10.6 Å². The minimum atomic E-state index is -0.806. The summed E-state index contributed by atoms with van der Waals surface area (Å²) in [6, 6.07) is -0.676. The zero-order valence-electron chi connectivity index (χ0n) is 11.6. The first-order chi connectivity index (χ1) is 8.81. The van der Waals surface area contributed by atoms with E-state index in [2.05, 4.69) is 10.6 Å². The Morgan fingerprint density at radius 1 is 1.21 bits per heavy atom. The SMILES string of the molecule is CC(=O)NC(C(=O)N[C@H]1CC[C@@H](C(=O)O)C1)C(C)C. The zero-order chi connectivity index (χ0) is 14.6. The van der Waals surface area contributed by atoms with Crippen LogP contribution < -0.4 is 10.6 Å². The van der Waals surface area contributed by atoms with Gasteiger partial charge in [-0.25, -0.2) is 0 Å². The van der Waals surface area contributed by atoms with Gasteiger partial charge in [-0.1, -0.05) is 13.8 Å². The summed E-state index contributed by atoms with van der Waals surface area (Å²) in [5.41, 5.74) is 0. The minimum Gasteiger partial charge on any atom is -0.481 e. The lowest BCUT2D eigenvalue weighted by molar-refractivity contribution is -0.141. The van der Waals surface area contributed by atoms with Crippen LogP contribution in [0.25, 0.3) is 0 Å². The Balaban J connectivity index is 2.53. The fourth-order valence-corrected chi connectivity index (χ4v) is 2.38. The second-order valence-corrected chi connectivity index (χ2v) is 5.48. The molecule has 6 heteroatoms. The highest BCUT2D eigenvalue weighted by atomic mass is 16.4. The van der Waals surface area contributed by atoms with E-state index in [1.807, 2.05) is 13.8 Å². The monoisotopic (exact) mass is 270 g/mol. The maximum Gasteiger partial charge on any atom is 0.306 e. The third kappa shape index (κ3) is 4.54. The van der Waals surface area contributed by atoms with Crippen LogP contribution in [0.15, 0.2) is 0 Å². The molecule has 6 nitrogen and oxygen atoms in total. The van der Waals surface area contributed by atoms with Gasteiger partial charge in [0.1, 0.15) is 6.04 Å². The fraction of sp³-hybridized carbons (Fsp3) is 0.769. The van der Waals surface area contributed by atoms with Gasteiger partial charge in [0.15, 0.2) is 0 Å². The van der Waals surface area contributed by atoms with Crippen LogP contribution in [0.1, 0.15) is 40.0 Å². The van der Waals surface area contributed by atoms with Crippen LogP contribution in [0.4, 0.5) is 0 Å². The van der Waals surface area contributed by atoms with Crippen LogP contribution in [0.3, 0.4) is 0 Å². The third-order valence-electron chi connectivity index (χ3n) is 3.44. The molecule has 0 aliphatic heterocycles. The lowest BCUT2D eigenvalue weighted by Gasteiger charge is -2.23. The van der Waals surface area contributed by atoms with Crippen molar-refractivity contribution in [3.05, 3.63) is 0 Å². The Bertz CT molecular complexity index is 368. The van der Waals surface area contributed by atoms with Gasteiger partial charge in [0.05, 0.1) is 5.92 Å². The van der Waals surface area contributed by atoms with E-state index < -0.39 is 12.0 Å². The van der Waals surface area contributed by atoms with Crippen molar-refractivity contribution in [3.8, 4) is 0 Å². The predicted octanol–water partition coefficient (Wildman–Crippen LogP) is 0.517. The first-order valence-electron chi connectivity index (χ1n) is 6.61. The van der Waals surface area contributed by atoms with Crippen molar-refractivity contribution in [2.75, 3.05) is 0 Å². The van der Waals surface area contributed by atoms with Crippen LogP contribution in [-0.4, -0.2) is 35.0 Å². The second-order valence-electron chi connectivity index (χ2n) is 5.48. The van der Waals surface area contributed by atoms with E-state index in [0.29, 0.717) is 19.3 Å². The summed E-state index contributed by atoms with van der Waals surface area (Å²) in [5, 5.41) is 14.4. The number of aliphatic carboxylic acids is 1. The molecular formula is C13H22N2O4. The number of carbonyl (C=O) groups excluding carboxylic acids is 2. The molecule has 1 saturated carbocycles. The van der Waals surface area contributed by atoms with Crippen LogP contribution >= 0.6 is 0 Å². The van der Waals surface area contributed by atoms with Crippen LogP contribution in [0.5, 0.6) is 0 Å². The summed E-state index contributed by atoms with van der Waals surface area (Å²) in [5.74, 6) is -1.67. The van der Waals surface area contributed by atoms with E-state index in [1.165, 1.54) is 6.92 Å². The molecule has 0 radical (unpaired) electrons. The maximum atomic E-state index is 12.1. The van der Waals surface area contributed by atoms with E-state index in [1.54, 1.807) is 0 Å². The van der Waals surface area contributed by atoms with E-state index >= 15 is 0 Å². The Morgan fingerprint density at radius 3 is 2.26 bits per heavy atom. The highest BCUT2D eigenvalue weighted by Gasteiger charge is 2.32. The van der Waals surface area contributed by atoms with Crippen molar-refractivity contribution in [2.45, 2.75) is 52.1 Å². The van der Waals surface area contributed by atoms with Crippen molar-refractivity contribution in [2.24, 2.45) is 11.8 Å². The number of hydrogen-bond donors (Lipinski definition) is 3. The topological polar surface area (TPSA) is 95.5 Å². The van der Waals surface area contributed by atoms with Crippen molar-refractivity contribution >= 4 is 17.8 Å². The van der Waals surface area contributed by atoms with Gasteiger partial charge in [-0.05, 0) is 25.2 Å². The molecule has 3 N–H and O–H groups in total. The molecule has 1 aliphatic rings. The normalized spacial score (nSPS) is 24.0. The van der Waals surface area contributed by atoms with Crippen LogP contribution in [0, 0.1) is 11.8 Å². The lowest BCUT2D eigenvalue weighted by atomic mass is 10.0. The number of hydrogen-bond acceptors (Lipinski definition) is 3. The van der Waals surface area contributed by atoms with E-state index in [4.69, 9.17) is 5.11 Å². The Hall–Kier alpha value is -1.59. The summed E-state index contributed by atoms with van der Waals surface area (Å²) < 4.78 is 0. The molecule has 0 aromatic rings. The molecule has 1 fully saturated rings. The lowest BCUT2D eigenvalue weighted by Crippen LogP contribution is -2.51. The molecule has 0 aromatic heterocycles. The fourth-order valence-electron chi connectivity index (χ4n) is 2.38. The summed E-state index contributed by atoms with van der Waals surface area (Å²) in [6.07, 6.45) is 1.73. The maximum absolute atomic E-state index is 12.1. The molecule has 19 heavy (non-hydrogen) atoms. The quantitative estimate of drug-likeness (QED) is 0.678. The highest BCUT2D eigenvalue weighted by molar-refractivity contribution is 5.87. The van der Waals surface area contributed by atoms with Crippen molar-refractivity contribution in [1.29, 1.82) is 0 Å². The Labute approximate surface area is 112 Å². The number of amides is 2. The van der Waals surface area contributed by atoms with E-state index in [-0.39, 0.29) is 29.7 Å². The standard InChI is InChI=1S/C13H22N2O4/c1-7(2)11(14-8(3)16)12(17)15-10-5-4-9(6-10)13(18)19/h7,9-11H,4-6H2,1-3H3,(H,14,16)(H,15,17)(H,18,19)/t9-,10+,11?/m1/s1. The molecule has 1 rings (SSSR count). The smallest absolute Gasteiger partial charge is 0.306 e. The molecule has 0 bridgehead atoms. The van der Waals surface area contributed by atoms with E-state index in [0.717, 1.165) is 0 Å². The van der Waals surface area contributed by atoms with Gasteiger partial charge in [-0.3, -0.25) is 14.4 Å². The summed E-state index contributed by atoms with van der Waals surface area (Å²) >= 11 is 0. The molecule has 2 amide bonds. The van der Waals surface area contributed by atoms with Gasteiger partial charge >= 0.3 is 5.97 Å². The zero-order valence-corrected chi connectivity index (χ0v) is 11.6. The average molecular weight is 270 g/mol. The van der Waals surface area contributed by atoms with E-state index in [9.17, 15) is 14.4 Å². The molecule has 1 unspecified atom stereocenters. The van der Waals surface area contributed by atoms with Gasteiger partial charge in [-0.2, -0.15) is 0 Å². The molecule has 108 valence electrons.